The van der Waals surface area contributed by atoms with E-state index in [0.717, 1.165) is 15.4 Å². The van der Waals surface area contributed by atoms with Crippen LogP contribution in [0.25, 0.3) is 22.0 Å². The number of esters is 1. The molecule has 0 aliphatic carbocycles. The number of nitrogens with zero attached hydrogens (tertiary/aromatic N) is 2. The number of fused-ring (bicyclic) bond motifs is 1. The molecule has 0 atom stereocenters. The number of carbonyl (C=O) groups is 2. The Morgan fingerprint density at radius 2 is 1.71 bits per heavy atom. The minimum absolute atomic E-state index is 0.132. The maximum atomic E-state index is 13.3. The van der Waals surface area contributed by atoms with Crippen LogP contribution in [-0.2, 0) is 0 Å². The van der Waals surface area contributed by atoms with Gasteiger partial charge in [-0.1, -0.05) is 73.8 Å². The molecule has 0 unspecified atom stereocenters. The Morgan fingerprint density at radius 1 is 0.976 bits per heavy atom. The Kier molecular flexibility index (Phi) is 8.29. The van der Waals surface area contributed by atoms with Crippen molar-refractivity contribution in [3.8, 4) is 16.9 Å². The van der Waals surface area contributed by atoms with Crippen LogP contribution in [0.2, 0.25) is 5.02 Å². The highest BCUT2D eigenvalue weighted by Gasteiger charge is 2.21. The Bertz CT molecular complexity index is 1840. The number of non-ortho nitro benzene ring substituents is 1. The summed E-state index contributed by atoms with van der Waals surface area (Å²) in [6, 6.07) is 23.0. The highest BCUT2D eigenvalue weighted by atomic mass is 79.9. The average molecular weight is 697 g/mol. The first-order valence-electron chi connectivity index (χ1n) is 11.9. The zero-order valence-electron chi connectivity index (χ0n) is 20.7. The number of aromatic amines is 1. The largest absolute Gasteiger partial charge is 0.422 e. The Balaban J connectivity index is 1.41. The molecule has 0 saturated heterocycles. The van der Waals surface area contributed by atoms with Gasteiger partial charge in [0.1, 0.15) is 11.4 Å². The van der Waals surface area contributed by atoms with Gasteiger partial charge < -0.3 is 9.72 Å². The van der Waals surface area contributed by atoms with Gasteiger partial charge in [-0.3, -0.25) is 14.9 Å². The summed E-state index contributed by atoms with van der Waals surface area (Å²) >= 11 is 13.3. The maximum absolute atomic E-state index is 13.3. The Labute approximate surface area is 254 Å². The van der Waals surface area contributed by atoms with E-state index in [1.54, 1.807) is 24.3 Å². The minimum Gasteiger partial charge on any atom is -0.422 e. The molecule has 4 aromatic carbocycles. The first-order valence-corrected chi connectivity index (χ1v) is 13.8. The van der Waals surface area contributed by atoms with E-state index in [0.29, 0.717) is 26.1 Å². The molecule has 5 rings (SSSR count). The second-order valence-electron chi connectivity index (χ2n) is 8.63. The van der Waals surface area contributed by atoms with Crippen molar-refractivity contribution in [2.45, 2.75) is 0 Å². The lowest BCUT2D eigenvalue weighted by Crippen LogP contribution is -2.19. The molecule has 2 N–H and O–H groups in total. The fourth-order valence-electron chi connectivity index (χ4n) is 4.10. The minimum atomic E-state index is -0.713. The van der Waals surface area contributed by atoms with Gasteiger partial charge in [0.15, 0.2) is 0 Å². The molecule has 0 radical (unpaired) electrons. The topological polar surface area (TPSA) is 127 Å². The zero-order valence-corrected chi connectivity index (χ0v) is 24.7. The number of H-pyrrole nitrogens is 1. The summed E-state index contributed by atoms with van der Waals surface area (Å²) in [7, 11) is 0. The van der Waals surface area contributed by atoms with Gasteiger partial charge in [-0.25, -0.2) is 10.2 Å². The van der Waals surface area contributed by atoms with Gasteiger partial charge in [0, 0.05) is 37.6 Å². The van der Waals surface area contributed by atoms with E-state index < -0.39 is 16.8 Å². The molecule has 204 valence electrons. The number of benzene rings is 4. The van der Waals surface area contributed by atoms with Crippen molar-refractivity contribution in [1.29, 1.82) is 0 Å². The number of nitrogens with one attached hydrogen (secondary N) is 2. The van der Waals surface area contributed by atoms with Gasteiger partial charge in [0.05, 0.1) is 27.2 Å². The van der Waals surface area contributed by atoms with Crippen molar-refractivity contribution >= 4 is 78.1 Å². The predicted octanol–water partition coefficient (Wildman–Crippen LogP) is 7.90. The number of halogens is 3. The number of nitro benzene ring substituents is 1. The van der Waals surface area contributed by atoms with Crippen LogP contribution >= 0.6 is 43.5 Å². The van der Waals surface area contributed by atoms with Crippen LogP contribution in [0.5, 0.6) is 5.75 Å². The number of ether oxygens (including phenoxy) is 1. The normalized spacial score (nSPS) is 11.1. The van der Waals surface area contributed by atoms with E-state index in [1.165, 1.54) is 30.5 Å². The fraction of sp³-hybridized carbons (Fsp3) is 0. The number of rotatable bonds is 7. The van der Waals surface area contributed by atoms with Crippen LogP contribution in [0.15, 0.2) is 99.0 Å². The van der Waals surface area contributed by atoms with Gasteiger partial charge in [-0.15, -0.1) is 0 Å². The Hall–Kier alpha value is -4.32. The van der Waals surface area contributed by atoms with Gasteiger partial charge in [-0.05, 0) is 48.0 Å². The van der Waals surface area contributed by atoms with Crippen molar-refractivity contribution in [3.63, 3.8) is 0 Å². The van der Waals surface area contributed by atoms with Crippen molar-refractivity contribution < 1.29 is 19.2 Å². The molecule has 1 aromatic heterocycles. The van der Waals surface area contributed by atoms with Crippen molar-refractivity contribution in [2.75, 3.05) is 0 Å². The third kappa shape index (κ3) is 6.22. The molecule has 0 aliphatic rings. The number of carbonyl (C=O) groups excluding carboxylic acids is 2. The second kappa shape index (κ2) is 12.0. The van der Waals surface area contributed by atoms with Gasteiger partial charge in [0.2, 0.25) is 0 Å². The number of hydrogen-bond acceptors (Lipinski definition) is 6. The molecule has 1 heterocycles. The monoisotopic (exact) mass is 694 g/mol. The third-order valence-corrected chi connectivity index (χ3v) is 7.22. The molecule has 0 saturated carbocycles. The predicted molar refractivity (Wildman–Crippen MR) is 164 cm³/mol. The van der Waals surface area contributed by atoms with E-state index in [9.17, 15) is 19.7 Å². The summed E-state index contributed by atoms with van der Waals surface area (Å²) in [4.78, 5) is 39.5. The summed E-state index contributed by atoms with van der Waals surface area (Å²) in [6.07, 6.45) is 1.34. The highest BCUT2D eigenvalue weighted by molar-refractivity contribution is 9.10. The lowest BCUT2D eigenvalue weighted by atomic mass is 10.0. The van der Waals surface area contributed by atoms with Crippen LogP contribution in [0, 0.1) is 10.1 Å². The summed E-state index contributed by atoms with van der Waals surface area (Å²) in [5.74, 6) is -1.06. The summed E-state index contributed by atoms with van der Waals surface area (Å²) in [5, 5.41) is 16.2. The number of nitro groups is 1. The third-order valence-electron chi connectivity index (χ3n) is 5.97. The van der Waals surface area contributed by atoms with Crippen molar-refractivity contribution in [3.05, 3.63) is 126 Å². The first-order chi connectivity index (χ1) is 19.7. The first kappa shape index (κ1) is 28.2. The van der Waals surface area contributed by atoms with Crippen molar-refractivity contribution in [1.82, 2.24) is 10.4 Å². The molecular weight excluding hydrogens is 680 g/mol. The SMILES string of the molecule is O=C(Oc1ccc(Br)cc1C=NNC(=O)c1[nH]c2c(Cl)cc(Br)cc2c1-c1ccccc1)c1ccc([N+](=O)[O-])cc1. The molecule has 9 nitrogen and oxygen atoms in total. The fourth-order valence-corrected chi connectivity index (χ4v) is 5.34. The lowest BCUT2D eigenvalue weighted by molar-refractivity contribution is -0.384. The molecule has 0 fully saturated rings. The molecule has 5 aromatic rings. The second-order valence-corrected chi connectivity index (χ2v) is 10.9. The summed E-state index contributed by atoms with van der Waals surface area (Å²) in [6.45, 7) is 0. The van der Waals surface area contributed by atoms with Crippen LogP contribution < -0.4 is 10.2 Å². The highest BCUT2D eigenvalue weighted by Crippen LogP contribution is 2.37. The quantitative estimate of drug-likeness (QED) is 0.0588. The standard InChI is InChI=1S/C29H17Br2ClN4O5/c30-19-8-11-24(41-29(38)17-6-9-21(10-7-17)36(39)40)18(12-19)15-33-35-28(37)27-25(16-4-2-1-3-5-16)22-13-20(31)14-23(32)26(22)34-27/h1-15,34H,(H,35,37). The van der Waals surface area contributed by atoms with E-state index in [4.69, 9.17) is 16.3 Å². The average Bonchev–Trinajstić information content (AvgIpc) is 3.34. The molecule has 1 amide bonds. The molecule has 0 aliphatic heterocycles. The summed E-state index contributed by atoms with van der Waals surface area (Å²) in [5.41, 5.74) is 5.25. The maximum Gasteiger partial charge on any atom is 0.343 e. The number of hydrogen-bond donors (Lipinski definition) is 2. The number of amides is 1. The Morgan fingerprint density at radius 3 is 2.41 bits per heavy atom. The van der Waals surface area contributed by atoms with E-state index in [-0.39, 0.29) is 22.7 Å². The molecule has 0 bridgehead atoms. The van der Waals surface area contributed by atoms with Crippen LogP contribution in [0.1, 0.15) is 26.4 Å². The van der Waals surface area contributed by atoms with Gasteiger partial charge in [-0.2, -0.15) is 5.10 Å². The lowest BCUT2D eigenvalue weighted by Gasteiger charge is -2.08. The van der Waals surface area contributed by atoms with E-state index in [1.807, 2.05) is 36.4 Å². The summed E-state index contributed by atoms with van der Waals surface area (Å²) < 4.78 is 6.96. The van der Waals surface area contributed by atoms with Crippen LogP contribution in [-0.4, -0.2) is 28.0 Å². The van der Waals surface area contributed by atoms with Crippen LogP contribution in [0.4, 0.5) is 5.69 Å². The van der Waals surface area contributed by atoms with Gasteiger partial charge >= 0.3 is 5.97 Å². The van der Waals surface area contributed by atoms with Crippen molar-refractivity contribution in [2.24, 2.45) is 5.10 Å². The van der Waals surface area contributed by atoms with Crippen LogP contribution in [0.3, 0.4) is 0 Å². The molecule has 0 spiro atoms. The number of hydrazone groups is 1. The smallest absolute Gasteiger partial charge is 0.343 e. The van der Waals surface area contributed by atoms with E-state index >= 15 is 0 Å². The zero-order chi connectivity index (χ0) is 29.1. The molecule has 12 heteroatoms. The molecular formula is C29H17Br2ClN4O5. The van der Waals surface area contributed by atoms with E-state index in [2.05, 4.69) is 47.4 Å². The molecule has 41 heavy (non-hydrogen) atoms. The number of aromatic nitrogens is 1. The van der Waals surface area contributed by atoms with Gasteiger partial charge in [0.25, 0.3) is 11.6 Å².